The van der Waals surface area contributed by atoms with Crippen LogP contribution < -0.4 is 4.74 Å². The van der Waals surface area contributed by atoms with Gasteiger partial charge in [-0.1, -0.05) is 12.5 Å². The Labute approximate surface area is 219 Å². The van der Waals surface area contributed by atoms with Crippen molar-refractivity contribution in [2.45, 2.75) is 70.8 Å². The Bertz CT molecular complexity index is 1250. The van der Waals surface area contributed by atoms with Gasteiger partial charge in [-0.2, -0.15) is 0 Å². The van der Waals surface area contributed by atoms with E-state index in [1.54, 1.807) is 25.4 Å². The van der Waals surface area contributed by atoms with E-state index in [2.05, 4.69) is 27.4 Å². The molecule has 6 rings (SSSR count). The zero-order valence-electron chi connectivity index (χ0n) is 21.4. The first-order valence-electron chi connectivity index (χ1n) is 12.9. The minimum atomic E-state index is -4.89. The average molecular weight is 535 g/mol. The monoisotopic (exact) mass is 534 g/mol. The molecule has 3 fully saturated rings. The lowest BCUT2D eigenvalue weighted by molar-refractivity contribution is -0.274. The van der Waals surface area contributed by atoms with Gasteiger partial charge in [-0.05, 0) is 75.7 Å². The number of thiazole rings is 1. The van der Waals surface area contributed by atoms with Crippen LogP contribution in [0.15, 0.2) is 34.0 Å². The number of alkyl halides is 3. The Morgan fingerprint density at radius 3 is 2.70 bits per heavy atom. The molecule has 0 N–H and O–H groups in total. The van der Waals surface area contributed by atoms with Crippen molar-refractivity contribution in [3.63, 3.8) is 0 Å². The Morgan fingerprint density at radius 2 is 2.03 bits per heavy atom. The molecule has 2 bridgehead atoms. The summed E-state index contributed by atoms with van der Waals surface area (Å²) in [5.74, 6) is 2.57. The summed E-state index contributed by atoms with van der Waals surface area (Å²) >= 11 is 1.40. The number of halogens is 3. The largest absolute Gasteiger partial charge is 0.573 e. The highest BCUT2D eigenvalue weighted by Crippen LogP contribution is 2.48. The predicted molar refractivity (Wildman–Crippen MR) is 137 cm³/mol. The van der Waals surface area contributed by atoms with Crippen molar-refractivity contribution >= 4 is 22.4 Å². The third-order valence-electron chi connectivity index (χ3n) is 8.28. The molecule has 37 heavy (non-hydrogen) atoms. The molecule has 3 aliphatic carbocycles. The molecule has 2 heterocycles. The van der Waals surface area contributed by atoms with E-state index in [1.807, 2.05) is 5.38 Å². The average Bonchev–Trinajstić information content (AvgIpc) is 3.45. The van der Waals surface area contributed by atoms with Gasteiger partial charge in [0.15, 0.2) is 22.7 Å². The second-order valence-electron chi connectivity index (χ2n) is 10.9. The van der Waals surface area contributed by atoms with Gasteiger partial charge in [0.25, 0.3) is 0 Å². The number of allylic oxidation sites excluding steroid dienone is 1. The predicted octanol–water partition coefficient (Wildman–Crippen LogP) is 8.29. The lowest BCUT2D eigenvalue weighted by atomic mass is 9.76. The minimum absolute atomic E-state index is 0.0469. The van der Waals surface area contributed by atoms with Crippen LogP contribution >= 0.6 is 11.3 Å². The maximum atomic E-state index is 13.6. The maximum Gasteiger partial charge on any atom is 0.573 e. The highest BCUT2D eigenvalue weighted by molar-refractivity contribution is 7.07. The van der Waals surface area contributed by atoms with Crippen LogP contribution in [0.1, 0.15) is 63.8 Å². The molecule has 4 unspecified atom stereocenters. The molecule has 3 saturated carbocycles. The molecule has 0 spiro atoms. The van der Waals surface area contributed by atoms with Crippen LogP contribution in [0.5, 0.6) is 5.75 Å². The second-order valence-corrected chi connectivity index (χ2v) is 11.7. The van der Waals surface area contributed by atoms with Gasteiger partial charge in [0.2, 0.25) is 0 Å². The van der Waals surface area contributed by atoms with E-state index < -0.39 is 12.0 Å². The Hall–Kier alpha value is -2.39. The summed E-state index contributed by atoms with van der Waals surface area (Å²) in [5.41, 5.74) is 2.33. The maximum absolute atomic E-state index is 13.6. The van der Waals surface area contributed by atoms with Crippen LogP contribution in [-0.2, 0) is 16.8 Å². The molecule has 0 aliphatic heterocycles. The van der Waals surface area contributed by atoms with Crippen molar-refractivity contribution in [3.05, 3.63) is 41.1 Å². The summed E-state index contributed by atoms with van der Waals surface area (Å²) in [7, 11) is 1.45. The van der Waals surface area contributed by atoms with Gasteiger partial charge >= 0.3 is 6.36 Å². The van der Waals surface area contributed by atoms with Crippen LogP contribution in [0.2, 0.25) is 0 Å². The SMILES string of the molecule is C=CC1CC2CCC1CC(CCc1nc3c(OC(F)(F)F)c(C(C)(C)OC)cc(-c4cscn4)c3o1)C2. The molecular weight excluding hydrogens is 501 g/mol. The zero-order chi connectivity index (χ0) is 26.4. The van der Waals surface area contributed by atoms with E-state index in [1.165, 1.54) is 44.1 Å². The highest BCUT2D eigenvalue weighted by atomic mass is 32.1. The van der Waals surface area contributed by atoms with Gasteiger partial charge in [-0.3, -0.25) is 0 Å². The smallest absolute Gasteiger partial charge is 0.440 e. The second kappa shape index (κ2) is 10.1. The first-order chi connectivity index (χ1) is 17.6. The molecule has 1 aromatic carbocycles. The number of hydrogen-bond donors (Lipinski definition) is 0. The van der Waals surface area contributed by atoms with Crippen molar-refractivity contribution < 1.29 is 27.1 Å². The van der Waals surface area contributed by atoms with Crippen molar-refractivity contribution in [1.82, 2.24) is 9.97 Å². The van der Waals surface area contributed by atoms with Crippen LogP contribution in [0.4, 0.5) is 13.2 Å². The molecule has 2 aromatic heterocycles. The van der Waals surface area contributed by atoms with Gasteiger partial charge in [0, 0.05) is 30.0 Å². The molecule has 0 amide bonds. The molecule has 5 nitrogen and oxygen atoms in total. The Balaban J connectivity index is 1.52. The highest BCUT2D eigenvalue weighted by Gasteiger charge is 2.39. The molecule has 3 aliphatic rings. The lowest BCUT2D eigenvalue weighted by Crippen LogP contribution is -2.25. The zero-order valence-corrected chi connectivity index (χ0v) is 22.3. The number of aryl methyl sites for hydroxylation is 1. The number of methoxy groups -OCH3 is 1. The van der Waals surface area contributed by atoms with Crippen LogP contribution in [0.3, 0.4) is 0 Å². The fourth-order valence-corrected chi connectivity index (χ4v) is 6.79. The first-order valence-corrected chi connectivity index (χ1v) is 13.8. The summed E-state index contributed by atoms with van der Waals surface area (Å²) in [4.78, 5) is 8.97. The lowest BCUT2D eigenvalue weighted by Gasteiger charge is -2.30. The standard InChI is InChI=1S/C28H33F3N2O3S/c1-5-18-11-16-6-8-19(18)12-17(10-16)7-9-23-33-24-25(35-23)20(22-14-37-15-32-22)13-21(27(2,3)34-4)26(24)36-28(29,30)31/h5,13-19H,1,6-12H2,2-4H3. The van der Waals surface area contributed by atoms with Gasteiger partial charge in [0.1, 0.15) is 0 Å². The summed E-state index contributed by atoms with van der Waals surface area (Å²) < 4.78 is 56.9. The third-order valence-corrected chi connectivity index (χ3v) is 8.86. The molecule has 3 aromatic rings. The van der Waals surface area contributed by atoms with Crippen molar-refractivity contribution in [2.75, 3.05) is 7.11 Å². The summed E-state index contributed by atoms with van der Waals surface area (Å²) in [6.07, 6.45) is 4.78. The van der Waals surface area contributed by atoms with Crippen molar-refractivity contribution in [2.24, 2.45) is 23.7 Å². The van der Waals surface area contributed by atoms with Crippen molar-refractivity contribution in [3.8, 4) is 17.0 Å². The summed E-state index contributed by atoms with van der Waals surface area (Å²) in [5, 5.41) is 1.84. The van der Waals surface area contributed by atoms with Gasteiger partial charge in [-0.15, -0.1) is 31.1 Å². The number of rotatable bonds is 8. The summed E-state index contributed by atoms with van der Waals surface area (Å²) in [6, 6.07) is 1.62. The van der Waals surface area contributed by atoms with Gasteiger partial charge in [0.05, 0.1) is 16.8 Å². The number of benzene rings is 1. The van der Waals surface area contributed by atoms with E-state index in [0.29, 0.717) is 41.3 Å². The first kappa shape index (κ1) is 26.2. The number of hydrogen-bond acceptors (Lipinski definition) is 6. The fraction of sp³-hybridized carbons (Fsp3) is 0.571. The van der Waals surface area contributed by atoms with E-state index in [4.69, 9.17) is 9.15 Å². The number of nitrogens with zero attached hydrogens (tertiary/aromatic N) is 2. The van der Waals surface area contributed by atoms with Crippen LogP contribution in [-0.4, -0.2) is 23.4 Å². The molecule has 4 atom stereocenters. The third kappa shape index (κ3) is 5.43. The Morgan fingerprint density at radius 1 is 1.22 bits per heavy atom. The number of fused-ring (bicyclic) bond motifs is 5. The Kier molecular flexibility index (Phi) is 7.13. The van der Waals surface area contributed by atoms with Crippen LogP contribution in [0.25, 0.3) is 22.4 Å². The molecule has 0 radical (unpaired) electrons. The van der Waals surface area contributed by atoms with E-state index >= 15 is 0 Å². The van der Waals surface area contributed by atoms with E-state index in [9.17, 15) is 13.2 Å². The molecule has 9 heteroatoms. The molecular formula is C28H33F3N2O3S. The van der Waals surface area contributed by atoms with E-state index in [0.717, 1.165) is 18.8 Å². The topological polar surface area (TPSA) is 57.4 Å². The minimum Gasteiger partial charge on any atom is -0.440 e. The van der Waals surface area contributed by atoms with Gasteiger partial charge < -0.3 is 13.9 Å². The number of aromatic nitrogens is 2. The number of oxazole rings is 1. The fourth-order valence-electron chi connectivity index (χ4n) is 6.24. The molecule has 0 saturated heterocycles. The normalized spacial score (nSPS) is 24.4. The van der Waals surface area contributed by atoms with Crippen LogP contribution in [0, 0.1) is 23.7 Å². The summed E-state index contributed by atoms with van der Waals surface area (Å²) in [6.45, 7) is 7.44. The van der Waals surface area contributed by atoms with E-state index in [-0.39, 0.29) is 22.4 Å². The number of ether oxygens (including phenoxy) is 2. The molecule has 200 valence electrons. The van der Waals surface area contributed by atoms with Crippen molar-refractivity contribution in [1.29, 1.82) is 0 Å². The quantitative estimate of drug-likeness (QED) is 0.272. The van der Waals surface area contributed by atoms with Gasteiger partial charge in [-0.25, -0.2) is 9.97 Å².